The number of aliphatic hydroxyl groups is 1. The number of methoxy groups -OCH3 is 1. The van der Waals surface area contributed by atoms with Crippen LogP contribution >= 0.6 is 0 Å². The highest BCUT2D eigenvalue weighted by Gasteiger charge is 2.15. The van der Waals surface area contributed by atoms with Gasteiger partial charge in [-0.3, -0.25) is 0 Å². The molecule has 2 amide bonds. The normalized spacial score (nSPS) is 11.7. The van der Waals surface area contributed by atoms with E-state index in [4.69, 9.17) is 4.74 Å². The number of aryl methyl sites for hydroxylation is 2. The van der Waals surface area contributed by atoms with Crippen LogP contribution in [0.15, 0.2) is 42.5 Å². The first kappa shape index (κ1) is 18.8. The van der Waals surface area contributed by atoms with Crippen molar-refractivity contribution in [3.8, 4) is 5.75 Å². The molecule has 1 atom stereocenters. The first-order valence-electron chi connectivity index (χ1n) is 8.57. The third-order valence-corrected chi connectivity index (χ3v) is 4.19. The van der Waals surface area contributed by atoms with Crippen molar-refractivity contribution in [3.05, 3.63) is 59.2 Å². The minimum atomic E-state index is -0.839. The topological polar surface area (TPSA) is 70.6 Å². The summed E-state index contributed by atoms with van der Waals surface area (Å²) in [5.74, 6) is 0.599. The monoisotopic (exact) mass is 342 g/mol. The fraction of sp³-hybridized carbons (Fsp3) is 0.350. The summed E-state index contributed by atoms with van der Waals surface area (Å²) in [7, 11) is 1.56. The summed E-state index contributed by atoms with van der Waals surface area (Å²) in [5, 5.41) is 16.0. The second kappa shape index (κ2) is 9.08. The van der Waals surface area contributed by atoms with E-state index in [0.717, 1.165) is 29.7 Å². The molecular formula is C20H26N2O3. The van der Waals surface area contributed by atoms with E-state index in [9.17, 15) is 9.90 Å². The Morgan fingerprint density at radius 2 is 1.72 bits per heavy atom. The summed E-state index contributed by atoms with van der Waals surface area (Å²) in [6.07, 6.45) is 0.842. The van der Waals surface area contributed by atoms with Crippen LogP contribution in [0.4, 0.5) is 10.5 Å². The zero-order valence-corrected chi connectivity index (χ0v) is 15.0. The summed E-state index contributed by atoms with van der Waals surface area (Å²) in [6, 6.07) is 12.9. The molecule has 0 heterocycles. The van der Waals surface area contributed by atoms with E-state index in [1.165, 1.54) is 0 Å². The number of carbonyl (C=O) groups excluding carboxylic acids is 1. The Morgan fingerprint density at radius 1 is 1.08 bits per heavy atom. The van der Waals surface area contributed by atoms with Gasteiger partial charge in [-0.25, -0.2) is 4.79 Å². The summed E-state index contributed by atoms with van der Waals surface area (Å²) < 4.78 is 5.24. The maximum Gasteiger partial charge on any atom is 0.319 e. The Hall–Kier alpha value is -2.53. The Kier molecular flexibility index (Phi) is 6.83. The highest BCUT2D eigenvalue weighted by atomic mass is 16.5. The number of anilines is 1. The van der Waals surface area contributed by atoms with Crippen LogP contribution in [0.3, 0.4) is 0 Å². The van der Waals surface area contributed by atoms with Crippen molar-refractivity contribution in [2.45, 2.75) is 32.8 Å². The van der Waals surface area contributed by atoms with Gasteiger partial charge in [0.05, 0.1) is 13.2 Å². The quantitative estimate of drug-likeness (QED) is 0.719. The lowest BCUT2D eigenvalue weighted by Crippen LogP contribution is -2.33. The van der Waals surface area contributed by atoms with Crippen LogP contribution in [0.2, 0.25) is 0 Å². The lowest BCUT2D eigenvalue weighted by atomic mass is 10.0. The number of hydrogen-bond donors (Lipinski definition) is 3. The molecule has 134 valence electrons. The fourth-order valence-corrected chi connectivity index (χ4v) is 2.80. The van der Waals surface area contributed by atoms with Crippen LogP contribution in [0.1, 0.15) is 36.6 Å². The van der Waals surface area contributed by atoms with Crippen LogP contribution < -0.4 is 15.4 Å². The van der Waals surface area contributed by atoms with Crippen LogP contribution in [-0.2, 0) is 12.8 Å². The van der Waals surface area contributed by atoms with Crippen molar-refractivity contribution in [3.63, 3.8) is 0 Å². The summed E-state index contributed by atoms with van der Waals surface area (Å²) in [5.41, 5.74) is 3.70. The Bertz CT molecular complexity index is 694. The third-order valence-electron chi connectivity index (χ3n) is 4.19. The Morgan fingerprint density at radius 3 is 2.32 bits per heavy atom. The number of nitrogens with one attached hydrogen (secondary N) is 2. The molecule has 0 spiro atoms. The highest BCUT2D eigenvalue weighted by molar-refractivity contribution is 5.91. The predicted octanol–water partition coefficient (Wildman–Crippen LogP) is 3.68. The number of carbonyl (C=O) groups is 1. The van der Waals surface area contributed by atoms with Crippen molar-refractivity contribution in [2.75, 3.05) is 19.0 Å². The molecule has 0 fully saturated rings. The van der Waals surface area contributed by atoms with Crippen LogP contribution in [0.5, 0.6) is 5.75 Å². The maximum atomic E-state index is 12.3. The van der Waals surface area contributed by atoms with E-state index in [0.29, 0.717) is 11.3 Å². The smallest absolute Gasteiger partial charge is 0.319 e. The molecule has 2 rings (SSSR count). The third kappa shape index (κ3) is 4.73. The van der Waals surface area contributed by atoms with Crippen molar-refractivity contribution < 1.29 is 14.6 Å². The lowest BCUT2D eigenvalue weighted by molar-refractivity contribution is 0.171. The maximum absolute atomic E-state index is 12.3. The minimum absolute atomic E-state index is 0.0992. The fourth-order valence-electron chi connectivity index (χ4n) is 2.80. The van der Waals surface area contributed by atoms with Crippen molar-refractivity contribution in [2.24, 2.45) is 0 Å². The van der Waals surface area contributed by atoms with Gasteiger partial charge in [-0.15, -0.1) is 0 Å². The van der Waals surface area contributed by atoms with E-state index in [2.05, 4.69) is 24.5 Å². The van der Waals surface area contributed by atoms with Gasteiger partial charge < -0.3 is 20.5 Å². The number of ether oxygens (including phenoxy) is 1. The summed E-state index contributed by atoms with van der Waals surface area (Å²) in [6.45, 7) is 4.22. The number of aliphatic hydroxyl groups excluding tert-OH is 1. The lowest BCUT2D eigenvalue weighted by Gasteiger charge is -2.17. The second-order valence-electron chi connectivity index (χ2n) is 5.75. The molecule has 3 N–H and O–H groups in total. The molecule has 0 bridgehead atoms. The van der Waals surface area contributed by atoms with Gasteiger partial charge in [-0.1, -0.05) is 50.2 Å². The number of urea groups is 1. The molecule has 2 aromatic carbocycles. The number of amides is 2. The zero-order valence-electron chi connectivity index (χ0n) is 15.0. The van der Waals surface area contributed by atoms with Gasteiger partial charge in [0.15, 0.2) is 0 Å². The average molecular weight is 342 g/mol. The largest absolute Gasteiger partial charge is 0.496 e. The Balaban J connectivity index is 2.02. The number of hydrogen-bond acceptors (Lipinski definition) is 3. The van der Waals surface area contributed by atoms with Gasteiger partial charge >= 0.3 is 6.03 Å². The van der Waals surface area contributed by atoms with Gasteiger partial charge in [0.2, 0.25) is 0 Å². The van der Waals surface area contributed by atoms with Crippen LogP contribution in [-0.4, -0.2) is 24.8 Å². The molecule has 0 unspecified atom stereocenters. The molecule has 0 radical (unpaired) electrons. The molecular weight excluding hydrogens is 316 g/mol. The second-order valence-corrected chi connectivity index (χ2v) is 5.75. The molecule has 0 aliphatic rings. The van der Waals surface area contributed by atoms with Crippen LogP contribution in [0, 0.1) is 0 Å². The van der Waals surface area contributed by atoms with Gasteiger partial charge in [0.25, 0.3) is 0 Å². The predicted molar refractivity (Wildman–Crippen MR) is 100 cm³/mol. The van der Waals surface area contributed by atoms with E-state index >= 15 is 0 Å². The Labute approximate surface area is 149 Å². The molecule has 5 nitrogen and oxygen atoms in total. The first-order chi connectivity index (χ1) is 12.1. The van der Waals surface area contributed by atoms with Crippen molar-refractivity contribution >= 4 is 11.7 Å². The molecule has 2 aromatic rings. The van der Waals surface area contributed by atoms with Gasteiger partial charge in [0, 0.05) is 17.8 Å². The highest BCUT2D eigenvalue weighted by Crippen LogP contribution is 2.25. The first-order valence-corrected chi connectivity index (χ1v) is 8.57. The summed E-state index contributed by atoms with van der Waals surface area (Å²) in [4.78, 5) is 12.3. The van der Waals surface area contributed by atoms with Crippen molar-refractivity contribution in [1.82, 2.24) is 5.32 Å². The molecule has 0 aliphatic heterocycles. The molecule has 0 saturated heterocycles. The molecule has 5 heteroatoms. The van der Waals surface area contributed by atoms with Gasteiger partial charge in [0.1, 0.15) is 5.75 Å². The zero-order chi connectivity index (χ0) is 18.2. The van der Waals surface area contributed by atoms with Gasteiger partial charge in [-0.2, -0.15) is 0 Å². The van der Waals surface area contributed by atoms with E-state index < -0.39 is 6.10 Å². The van der Waals surface area contributed by atoms with Crippen LogP contribution in [0.25, 0.3) is 0 Å². The molecule has 25 heavy (non-hydrogen) atoms. The standard InChI is InChI=1S/C20H26N2O3/c1-4-14-9-8-10-15(5-2)19(14)22-20(24)21-13-17(23)16-11-6-7-12-18(16)25-3/h6-12,17,23H,4-5,13H2,1-3H3,(H2,21,22,24)/t17-/m0/s1. The summed E-state index contributed by atoms with van der Waals surface area (Å²) >= 11 is 0. The average Bonchev–Trinajstić information content (AvgIpc) is 2.66. The van der Waals surface area contributed by atoms with Gasteiger partial charge in [-0.05, 0) is 30.0 Å². The molecule has 0 saturated carbocycles. The van der Waals surface area contributed by atoms with E-state index in [1.807, 2.05) is 30.3 Å². The van der Waals surface area contributed by atoms with Crippen molar-refractivity contribution in [1.29, 1.82) is 0 Å². The molecule has 0 aromatic heterocycles. The molecule has 0 aliphatic carbocycles. The minimum Gasteiger partial charge on any atom is -0.496 e. The number of para-hydroxylation sites is 2. The van der Waals surface area contributed by atoms with E-state index in [1.54, 1.807) is 19.2 Å². The van der Waals surface area contributed by atoms with E-state index in [-0.39, 0.29) is 12.6 Å². The number of benzene rings is 2. The SMILES string of the molecule is CCc1cccc(CC)c1NC(=O)NC[C@H](O)c1ccccc1OC. The number of rotatable bonds is 7.